The second-order valence-electron chi connectivity index (χ2n) is 3.67. The van der Waals surface area contributed by atoms with Crippen LogP contribution in [0.4, 0.5) is 0 Å². The van der Waals surface area contributed by atoms with E-state index in [1.807, 2.05) is 11.8 Å². The number of halogens is 1. The Morgan fingerprint density at radius 1 is 1.40 bits per heavy atom. The minimum Gasteiger partial charge on any atom is -0.165 e. The maximum atomic E-state index is 3.54. The monoisotopic (exact) mass is 224 g/mol. The summed E-state index contributed by atoms with van der Waals surface area (Å²) in [4.78, 5) is 0. The number of alkyl halides is 1. The summed E-state index contributed by atoms with van der Waals surface area (Å²) in [5.41, 5.74) is 0.451. The molecule has 0 bridgehead atoms. The fourth-order valence-corrected chi connectivity index (χ4v) is 3.25. The number of thioether (sulfide) groups is 1. The van der Waals surface area contributed by atoms with Gasteiger partial charge in [0.2, 0.25) is 0 Å². The summed E-state index contributed by atoms with van der Waals surface area (Å²) in [7, 11) is 0. The first-order chi connectivity index (χ1) is 4.52. The minimum atomic E-state index is 0.451. The van der Waals surface area contributed by atoms with Gasteiger partial charge in [0.25, 0.3) is 0 Å². The van der Waals surface area contributed by atoms with Crippen LogP contribution in [0.2, 0.25) is 0 Å². The van der Waals surface area contributed by atoms with E-state index < -0.39 is 0 Å². The predicted octanol–water partition coefficient (Wildman–Crippen LogP) is 3.41. The summed E-state index contributed by atoms with van der Waals surface area (Å²) in [5.74, 6) is 2.05. The predicted molar refractivity (Wildman–Crippen MR) is 55.1 cm³/mol. The van der Waals surface area contributed by atoms with Crippen LogP contribution in [-0.4, -0.2) is 17.3 Å². The van der Waals surface area contributed by atoms with Crippen LogP contribution >= 0.6 is 27.7 Å². The average Bonchev–Trinajstić information content (AvgIpc) is 1.80. The highest BCUT2D eigenvalue weighted by Gasteiger charge is 2.22. The van der Waals surface area contributed by atoms with Crippen LogP contribution in [0, 0.1) is 11.3 Å². The highest BCUT2D eigenvalue weighted by molar-refractivity contribution is 9.09. The summed E-state index contributed by atoms with van der Waals surface area (Å²) < 4.78 is 0. The highest BCUT2D eigenvalue weighted by atomic mass is 79.9. The van der Waals surface area contributed by atoms with E-state index in [9.17, 15) is 0 Å². The van der Waals surface area contributed by atoms with Crippen LogP contribution in [0.3, 0.4) is 0 Å². The van der Waals surface area contributed by atoms with Gasteiger partial charge in [-0.15, -0.1) is 0 Å². The molecule has 0 N–H and O–H groups in total. The average molecular weight is 225 g/mol. The molecule has 0 saturated heterocycles. The summed E-state index contributed by atoms with van der Waals surface area (Å²) in [6.07, 6.45) is 2.17. The van der Waals surface area contributed by atoms with E-state index in [1.165, 1.54) is 5.75 Å². The van der Waals surface area contributed by atoms with Crippen LogP contribution < -0.4 is 0 Å². The molecule has 0 aromatic rings. The molecular formula is C8H17BrS. The maximum Gasteiger partial charge on any atom is 0.00725 e. The molecule has 0 aliphatic heterocycles. The smallest absolute Gasteiger partial charge is 0.00725 e. The molecule has 0 heterocycles. The van der Waals surface area contributed by atoms with Gasteiger partial charge in [-0.05, 0) is 23.3 Å². The molecule has 1 unspecified atom stereocenters. The zero-order valence-electron chi connectivity index (χ0n) is 7.28. The van der Waals surface area contributed by atoms with E-state index in [-0.39, 0.29) is 0 Å². The van der Waals surface area contributed by atoms with Crippen LogP contribution in [0.5, 0.6) is 0 Å². The van der Waals surface area contributed by atoms with Crippen molar-refractivity contribution < 1.29 is 0 Å². The van der Waals surface area contributed by atoms with E-state index in [0.717, 1.165) is 11.2 Å². The lowest BCUT2D eigenvalue weighted by atomic mass is 9.83. The third-order valence-electron chi connectivity index (χ3n) is 1.78. The van der Waals surface area contributed by atoms with Crippen molar-refractivity contribution >= 4 is 27.7 Å². The summed E-state index contributed by atoms with van der Waals surface area (Å²) in [5, 5.41) is 1.12. The fourth-order valence-electron chi connectivity index (χ4n) is 0.727. The Morgan fingerprint density at radius 2 is 1.90 bits per heavy atom. The largest absolute Gasteiger partial charge is 0.165 e. The summed E-state index contributed by atoms with van der Waals surface area (Å²) in [6.45, 7) is 6.90. The Balaban J connectivity index is 3.81. The third-order valence-corrected chi connectivity index (χ3v) is 3.30. The SMILES string of the molecule is CSCC(CBr)C(C)(C)C. The molecule has 0 fully saturated rings. The van der Waals surface area contributed by atoms with Crippen LogP contribution in [0.1, 0.15) is 20.8 Å². The van der Waals surface area contributed by atoms with Gasteiger partial charge in [-0.3, -0.25) is 0 Å². The van der Waals surface area contributed by atoms with Crippen molar-refractivity contribution in [3.05, 3.63) is 0 Å². The Hall–Kier alpha value is 0.830. The Morgan fingerprint density at radius 3 is 2.00 bits per heavy atom. The van der Waals surface area contributed by atoms with Crippen molar-refractivity contribution in [2.75, 3.05) is 17.3 Å². The minimum absolute atomic E-state index is 0.451. The van der Waals surface area contributed by atoms with Crippen molar-refractivity contribution in [1.29, 1.82) is 0 Å². The molecule has 10 heavy (non-hydrogen) atoms. The van der Waals surface area contributed by atoms with Crippen molar-refractivity contribution in [3.8, 4) is 0 Å². The second kappa shape index (κ2) is 4.66. The molecule has 0 radical (unpaired) electrons. The van der Waals surface area contributed by atoms with Crippen LogP contribution in [0.25, 0.3) is 0 Å². The van der Waals surface area contributed by atoms with E-state index in [0.29, 0.717) is 5.41 Å². The van der Waals surface area contributed by atoms with Gasteiger partial charge in [-0.25, -0.2) is 0 Å². The van der Waals surface area contributed by atoms with Crippen molar-refractivity contribution in [2.24, 2.45) is 11.3 Å². The molecule has 0 aliphatic rings. The van der Waals surface area contributed by atoms with Gasteiger partial charge >= 0.3 is 0 Å². The molecule has 0 aromatic heterocycles. The Bertz CT molecular complexity index is 85.7. The first-order valence-corrected chi connectivity index (χ1v) is 6.08. The fraction of sp³-hybridized carbons (Fsp3) is 1.00. The van der Waals surface area contributed by atoms with Crippen LogP contribution in [0.15, 0.2) is 0 Å². The molecule has 0 rings (SSSR count). The quantitative estimate of drug-likeness (QED) is 0.663. The van der Waals surface area contributed by atoms with E-state index in [1.54, 1.807) is 0 Å². The van der Waals surface area contributed by atoms with Crippen molar-refractivity contribution in [2.45, 2.75) is 20.8 Å². The zero-order valence-corrected chi connectivity index (χ0v) is 9.68. The summed E-state index contributed by atoms with van der Waals surface area (Å²) >= 11 is 5.47. The number of rotatable bonds is 3. The molecule has 0 amide bonds. The second-order valence-corrected chi connectivity index (χ2v) is 5.23. The van der Waals surface area contributed by atoms with Crippen molar-refractivity contribution in [3.63, 3.8) is 0 Å². The van der Waals surface area contributed by atoms with Gasteiger partial charge < -0.3 is 0 Å². The molecular weight excluding hydrogens is 208 g/mol. The Kier molecular flexibility index (Phi) is 5.04. The lowest BCUT2D eigenvalue weighted by Gasteiger charge is -2.28. The van der Waals surface area contributed by atoms with Crippen molar-refractivity contribution in [1.82, 2.24) is 0 Å². The number of hydrogen-bond donors (Lipinski definition) is 0. The zero-order chi connectivity index (χ0) is 8.20. The molecule has 0 saturated carbocycles. The Labute approximate surface area is 77.3 Å². The maximum absolute atomic E-state index is 3.54. The molecule has 0 spiro atoms. The lowest BCUT2D eigenvalue weighted by molar-refractivity contribution is 0.295. The summed E-state index contributed by atoms with van der Waals surface area (Å²) in [6, 6.07) is 0. The van der Waals surface area contributed by atoms with Gasteiger partial charge in [0.1, 0.15) is 0 Å². The van der Waals surface area contributed by atoms with Gasteiger partial charge in [-0.1, -0.05) is 36.7 Å². The molecule has 0 nitrogen and oxygen atoms in total. The standard InChI is InChI=1S/C8H17BrS/c1-8(2,3)7(5-9)6-10-4/h7H,5-6H2,1-4H3. The first-order valence-electron chi connectivity index (χ1n) is 3.57. The van der Waals surface area contributed by atoms with Crippen LogP contribution in [-0.2, 0) is 0 Å². The van der Waals surface area contributed by atoms with Gasteiger partial charge in [0.15, 0.2) is 0 Å². The molecule has 2 heteroatoms. The molecule has 0 aliphatic carbocycles. The van der Waals surface area contributed by atoms with Gasteiger partial charge in [-0.2, -0.15) is 11.8 Å². The number of hydrogen-bond acceptors (Lipinski definition) is 1. The third kappa shape index (κ3) is 3.87. The van der Waals surface area contributed by atoms with Gasteiger partial charge in [0, 0.05) is 5.33 Å². The lowest BCUT2D eigenvalue weighted by Crippen LogP contribution is -2.23. The van der Waals surface area contributed by atoms with E-state index >= 15 is 0 Å². The molecule has 0 aromatic carbocycles. The highest BCUT2D eigenvalue weighted by Crippen LogP contribution is 2.29. The topological polar surface area (TPSA) is 0 Å². The van der Waals surface area contributed by atoms with E-state index in [2.05, 4.69) is 43.0 Å². The van der Waals surface area contributed by atoms with E-state index in [4.69, 9.17) is 0 Å². The molecule has 62 valence electrons. The van der Waals surface area contributed by atoms with Gasteiger partial charge in [0.05, 0.1) is 0 Å². The first kappa shape index (κ1) is 10.8. The molecule has 1 atom stereocenters. The normalized spacial score (nSPS) is 15.3.